The van der Waals surface area contributed by atoms with Gasteiger partial charge in [0.25, 0.3) is 0 Å². The summed E-state index contributed by atoms with van der Waals surface area (Å²) in [6.45, 7) is 3.40. The van der Waals surface area contributed by atoms with Crippen molar-refractivity contribution in [2.24, 2.45) is 5.92 Å². The van der Waals surface area contributed by atoms with Crippen LogP contribution in [0.2, 0.25) is 0 Å². The summed E-state index contributed by atoms with van der Waals surface area (Å²) < 4.78 is 5.25. The molecule has 1 unspecified atom stereocenters. The lowest BCUT2D eigenvalue weighted by atomic mass is 9.81. The van der Waals surface area contributed by atoms with Crippen molar-refractivity contribution in [1.29, 1.82) is 0 Å². The molecule has 66 valence electrons. The third kappa shape index (κ3) is 2.80. The van der Waals surface area contributed by atoms with Crippen LogP contribution >= 0.6 is 0 Å². The lowest BCUT2D eigenvalue weighted by Crippen LogP contribution is -2.30. The van der Waals surface area contributed by atoms with E-state index in [1.54, 1.807) is 0 Å². The van der Waals surface area contributed by atoms with Crippen molar-refractivity contribution >= 4 is 0 Å². The first-order valence-corrected chi connectivity index (χ1v) is 4.60. The molecule has 0 heterocycles. The Bertz CT molecular complexity index is 99.7. The van der Waals surface area contributed by atoms with Gasteiger partial charge in [-0.2, -0.15) is 0 Å². The lowest BCUT2D eigenvalue weighted by Gasteiger charge is -2.29. The Morgan fingerprint density at radius 1 is 1.55 bits per heavy atom. The standard InChI is InChI=1S/C9H18O2/c1-2-6-11-7-9(10)8-4-3-5-8/h8-10H,2-7H2,1H3. The second-order valence-corrected chi connectivity index (χ2v) is 3.33. The van der Waals surface area contributed by atoms with E-state index in [9.17, 15) is 5.11 Å². The molecule has 1 rings (SSSR count). The molecule has 0 spiro atoms. The summed E-state index contributed by atoms with van der Waals surface area (Å²) in [6, 6.07) is 0. The summed E-state index contributed by atoms with van der Waals surface area (Å²) in [5.74, 6) is 0.534. The Morgan fingerprint density at radius 3 is 2.73 bits per heavy atom. The summed E-state index contributed by atoms with van der Waals surface area (Å²) in [6.07, 6.45) is 4.51. The molecule has 0 aromatic heterocycles. The second kappa shape index (κ2) is 4.73. The van der Waals surface area contributed by atoms with Crippen LogP contribution in [0.25, 0.3) is 0 Å². The summed E-state index contributed by atoms with van der Waals surface area (Å²) in [5, 5.41) is 9.47. The molecule has 1 atom stereocenters. The van der Waals surface area contributed by atoms with E-state index in [1.807, 2.05) is 0 Å². The molecule has 2 heteroatoms. The van der Waals surface area contributed by atoms with Crippen molar-refractivity contribution in [2.45, 2.75) is 38.7 Å². The highest BCUT2D eigenvalue weighted by Gasteiger charge is 2.25. The Morgan fingerprint density at radius 2 is 2.27 bits per heavy atom. The summed E-state index contributed by atoms with van der Waals surface area (Å²) in [7, 11) is 0. The van der Waals surface area contributed by atoms with Gasteiger partial charge in [0.1, 0.15) is 0 Å². The fourth-order valence-electron chi connectivity index (χ4n) is 1.31. The molecular weight excluding hydrogens is 140 g/mol. The van der Waals surface area contributed by atoms with Crippen LogP contribution in [0.5, 0.6) is 0 Å². The van der Waals surface area contributed by atoms with Gasteiger partial charge in [-0.1, -0.05) is 13.3 Å². The molecule has 0 radical (unpaired) electrons. The Hall–Kier alpha value is -0.0800. The van der Waals surface area contributed by atoms with Crippen molar-refractivity contribution in [3.8, 4) is 0 Å². The topological polar surface area (TPSA) is 29.5 Å². The summed E-state index contributed by atoms with van der Waals surface area (Å²) in [5.41, 5.74) is 0. The van der Waals surface area contributed by atoms with E-state index in [0.29, 0.717) is 12.5 Å². The van der Waals surface area contributed by atoms with Crippen LogP contribution in [0, 0.1) is 5.92 Å². The van der Waals surface area contributed by atoms with Gasteiger partial charge < -0.3 is 9.84 Å². The third-order valence-electron chi connectivity index (χ3n) is 2.33. The van der Waals surface area contributed by atoms with Crippen LogP contribution in [0.1, 0.15) is 32.6 Å². The van der Waals surface area contributed by atoms with E-state index >= 15 is 0 Å². The van der Waals surface area contributed by atoms with E-state index in [-0.39, 0.29) is 6.10 Å². The lowest BCUT2D eigenvalue weighted by molar-refractivity contribution is -0.0166. The van der Waals surface area contributed by atoms with E-state index in [1.165, 1.54) is 19.3 Å². The SMILES string of the molecule is CCCOCC(O)C1CCC1. The number of ether oxygens (including phenoxy) is 1. The van der Waals surface area contributed by atoms with Crippen molar-refractivity contribution < 1.29 is 9.84 Å². The molecule has 0 amide bonds. The first-order chi connectivity index (χ1) is 5.34. The van der Waals surface area contributed by atoms with Gasteiger partial charge in [0.2, 0.25) is 0 Å². The van der Waals surface area contributed by atoms with Gasteiger partial charge >= 0.3 is 0 Å². The zero-order valence-corrected chi connectivity index (χ0v) is 7.25. The molecule has 2 nitrogen and oxygen atoms in total. The quantitative estimate of drug-likeness (QED) is 0.615. The second-order valence-electron chi connectivity index (χ2n) is 3.33. The smallest absolute Gasteiger partial charge is 0.0801 e. The number of rotatable bonds is 5. The van der Waals surface area contributed by atoms with Crippen molar-refractivity contribution in [1.82, 2.24) is 0 Å². The van der Waals surface area contributed by atoms with Gasteiger partial charge in [0, 0.05) is 6.61 Å². The van der Waals surface area contributed by atoms with E-state index in [4.69, 9.17) is 4.74 Å². The average molecular weight is 158 g/mol. The van der Waals surface area contributed by atoms with Gasteiger partial charge in [0.15, 0.2) is 0 Å². The number of aliphatic hydroxyl groups is 1. The van der Waals surface area contributed by atoms with Crippen LogP contribution in [0.15, 0.2) is 0 Å². The van der Waals surface area contributed by atoms with Crippen LogP contribution in [0.4, 0.5) is 0 Å². The van der Waals surface area contributed by atoms with Crippen molar-refractivity contribution in [3.05, 3.63) is 0 Å². The predicted molar refractivity (Wildman–Crippen MR) is 44.5 cm³/mol. The zero-order chi connectivity index (χ0) is 8.10. The molecule has 0 bridgehead atoms. The highest BCUT2D eigenvalue weighted by Crippen LogP contribution is 2.29. The highest BCUT2D eigenvalue weighted by molar-refractivity contribution is 4.76. The minimum atomic E-state index is -0.199. The van der Waals surface area contributed by atoms with E-state index in [2.05, 4.69) is 6.92 Å². The van der Waals surface area contributed by atoms with E-state index in [0.717, 1.165) is 13.0 Å². The summed E-state index contributed by atoms with van der Waals surface area (Å²) >= 11 is 0. The maximum atomic E-state index is 9.47. The van der Waals surface area contributed by atoms with Gasteiger partial charge in [-0.05, 0) is 25.2 Å². The molecule has 1 aliphatic carbocycles. The molecule has 0 aromatic rings. The van der Waals surface area contributed by atoms with Gasteiger partial charge in [-0.25, -0.2) is 0 Å². The Balaban J connectivity index is 1.96. The fourth-order valence-corrected chi connectivity index (χ4v) is 1.31. The zero-order valence-electron chi connectivity index (χ0n) is 7.25. The predicted octanol–water partition coefficient (Wildman–Crippen LogP) is 1.57. The fraction of sp³-hybridized carbons (Fsp3) is 1.00. The number of aliphatic hydroxyl groups excluding tert-OH is 1. The molecule has 1 N–H and O–H groups in total. The van der Waals surface area contributed by atoms with Gasteiger partial charge in [0.05, 0.1) is 12.7 Å². The average Bonchev–Trinajstić information content (AvgIpc) is 1.84. The highest BCUT2D eigenvalue weighted by atomic mass is 16.5. The molecule has 1 saturated carbocycles. The third-order valence-corrected chi connectivity index (χ3v) is 2.33. The monoisotopic (exact) mass is 158 g/mol. The molecule has 1 aliphatic rings. The van der Waals surface area contributed by atoms with Crippen LogP contribution in [0.3, 0.4) is 0 Å². The van der Waals surface area contributed by atoms with Crippen molar-refractivity contribution in [2.75, 3.05) is 13.2 Å². The summed E-state index contributed by atoms with van der Waals surface area (Å²) in [4.78, 5) is 0. The first kappa shape index (κ1) is 9.01. The van der Waals surface area contributed by atoms with Crippen LogP contribution in [-0.4, -0.2) is 24.4 Å². The van der Waals surface area contributed by atoms with E-state index < -0.39 is 0 Å². The van der Waals surface area contributed by atoms with Gasteiger partial charge in [-0.15, -0.1) is 0 Å². The minimum absolute atomic E-state index is 0.199. The molecule has 0 aliphatic heterocycles. The number of hydrogen-bond donors (Lipinski definition) is 1. The number of hydrogen-bond acceptors (Lipinski definition) is 2. The molecule has 11 heavy (non-hydrogen) atoms. The first-order valence-electron chi connectivity index (χ1n) is 4.60. The normalized spacial score (nSPS) is 21.3. The molecule has 1 fully saturated rings. The van der Waals surface area contributed by atoms with Gasteiger partial charge in [-0.3, -0.25) is 0 Å². The Kier molecular flexibility index (Phi) is 3.87. The maximum absolute atomic E-state index is 9.47. The molecule has 0 saturated heterocycles. The van der Waals surface area contributed by atoms with Crippen LogP contribution in [-0.2, 0) is 4.74 Å². The minimum Gasteiger partial charge on any atom is -0.390 e. The molecule has 0 aromatic carbocycles. The van der Waals surface area contributed by atoms with Crippen molar-refractivity contribution in [3.63, 3.8) is 0 Å². The maximum Gasteiger partial charge on any atom is 0.0801 e. The van der Waals surface area contributed by atoms with Crippen LogP contribution < -0.4 is 0 Å². The largest absolute Gasteiger partial charge is 0.390 e. The Labute approximate surface area is 68.6 Å². The molecular formula is C9H18O2.